The second kappa shape index (κ2) is 11.6. The number of benzene rings is 1. The van der Waals surface area contributed by atoms with Crippen LogP contribution in [0.25, 0.3) is 0 Å². The zero-order valence-corrected chi connectivity index (χ0v) is 19.2. The van der Waals surface area contributed by atoms with Gasteiger partial charge in [0.25, 0.3) is 0 Å². The normalized spacial score (nSPS) is 16.8. The molecule has 1 aliphatic rings. The molecule has 1 aromatic carbocycles. The van der Waals surface area contributed by atoms with Gasteiger partial charge in [-0.2, -0.15) is 13.2 Å². The van der Waals surface area contributed by atoms with Crippen LogP contribution in [0.2, 0.25) is 0 Å². The van der Waals surface area contributed by atoms with Gasteiger partial charge in [0.05, 0.1) is 12.2 Å². The number of carbonyl (C=O) groups is 1. The van der Waals surface area contributed by atoms with E-state index in [-0.39, 0.29) is 29.9 Å². The Morgan fingerprint density at radius 1 is 1.21 bits per heavy atom. The van der Waals surface area contributed by atoms with Crippen molar-refractivity contribution in [2.75, 3.05) is 39.8 Å². The fourth-order valence-electron chi connectivity index (χ4n) is 3.01. The van der Waals surface area contributed by atoms with Crippen molar-refractivity contribution in [1.29, 1.82) is 0 Å². The lowest BCUT2D eigenvalue weighted by Gasteiger charge is -2.39. The van der Waals surface area contributed by atoms with Crippen molar-refractivity contribution in [3.8, 4) is 0 Å². The number of hydrogen-bond acceptors (Lipinski definition) is 4. The smallest absolute Gasteiger partial charge is 0.403 e. The third kappa shape index (κ3) is 7.32. The first-order valence-electron chi connectivity index (χ1n) is 9.28. The van der Waals surface area contributed by atoms with E-state index in [1.54, 1.807) is 26.1 Å². The summed E-state index contributed by atoms with van der Waals surface area (Å²) in [6, 6.07) is 5.62. The van der Waals surface area contributed by atoms with Gasteiger partial charge in [-0.05, 0) is 31.5 Å². The first kappa shape index (κ1) is 25.5. The Bertz CT molecular complexity index is 675. The van der Waals surface area contributed by atoms with Crippen LogP contribution in [-0.4, -0.2) is 73.8 Å². The van der Waals surface area contributed by atoms with Crippen molar-refractivity contribution >= 4 is 35.9 Å². The molecule has 0 saturated carbocycles. The van der Waals surface area contributed by atoms with Crippen LogP contribution in [0, 0.1) is 0 Å². The third-order valence-corrected chi connectivity index (χ3v) is 4.76. The first-order chi connectivity index (χ1) is 13.3. The van der Waals surface area contributed by atoms with Crippen molar-refractivity contribution in [2.45, 2.75) is 32.6 Å². The number of nitrogens with zero attached hydrogens (tertiary/aromatic N) is 3. The maximum atomic E-state index is 12.9. The van der Waals surface area contributed by atoms with E-state index in [0.717, 1.165) is 5.56 Å². The lowest BCUT2D eigenvalue weighted by atomic mass is 10.1. The summed E-state index contributed by atoms with van der Waals surface area (Å²) < 4.78 is 43.5. The average molecular weight is 528 g/mol. The number of aliphatic imine (C=N–C) groups is 1. The van der Waals surface area contributed by atoms with Crippen LogP contribution in [0.1, 0.15) is 29.8 Å². The Balaban J connectivity index is 0.00000420. The monoisotopic (exact) mass is 528 g/mol. The Morgan fingerprint density at radius 3 is 2.28 bits per heavy atom. The van der Waals surface area contributed by atoms with Gasteiger partial charge in [-0.25, -0.2) is 4.79 Å². The number of piperazine rings is 1. The van der Waals surface area contributed by atoms with E-state index in [1.165, 1.54) is 11.8 Å². The van der Waals surface area contributed by atoms with Gasteiger partial charge < -0.3 is 15.0 Å². The summed E-state index contributed by atoms with van der Waals surface area (Å²) in [7, 11) is 1.65. The molecule has 1 aromatic rings. The minimum absolute atomic E-state index is 0. The summed E-state index contributed by atoms with van der Waals surface area (Å²) in [4.78, 5) is 19.3. The van der Waals surface area contributed by atoms with Gasteiger partial charge in [-0.1, -0.05) is 12.1 Å². The van der Waals surface area contributed by atoms with E-state index in [1.807, 2.05) is 17.0 Å². The Kier molecular flexibility index (Phi) is 10.2. The van der Waals surface area contributed by atoms with E-state index in [9.17, 15) is 18.0 Å². The third-order valence-electron chi connectivity index (χ3n) is 4.76. The lowest BCUT2D eigenvalue weighted by Crippen LogP contribution is -2.56. The van der Waals surface area contributed by atoms with Crippen LogP contribution >= 0.6 is 24.0 Å². The molecule has 0 spiro atoms. The molecule has 0 amide bonds. The molecule has 1 fully saturated rings. The van der Waals surface area contributed by atoms with E-state index >= 15 is 0 Å². The van der Waals surface area contributed by atoms with Gasteiger partial charge in [0.1, 0.15) is 6.04 Å². The maximum absolute atomic E-state index is 12.9. The summed E-state index contributed by atoms with van der Waals surface area (Å²) in [6.45, 7) is 5.38. The minimum atomic E-state index is -4.21. The molecule has 29 heavy (non-hydrogen) atoms. The zero-order valence-electron chi connectivity index (χ0n) is 16.8. The molecule has 164 valence electrons. The topological polar surface area (TPSA) is 57.2 Å². The Labute approximate surface area is 186 Å². The molecule has 6 nitrogen and oxygen atoms in total. The summed E-state index contributed by atoms with van der Waals surface area (Å²) in [6.07, 6.45) is -4.21. The number of nitrogens with one attached hydrogen (secondary N) is 1. The highest BCUT2D eigenvalue weighted by molar-refractivity contribution is 14.0. The zero-order chi connectivity index (χ0) is 20.7. The van der Waals surface area contributed by atoms with Gasteiger partial charge >= 0.3 is 12.1 Å². The average Bonchev–Trinajstić information content (AvgIpc) is 2.68. The summed E-state index contributed by atoms with van der Waals surface area (Å²) in [5, 5.41) is 3.22. The Morgan fingerprint density at radius 2 is 1.79 bits per heavy atom. The van der Waals surface area contributed by atoms with Crippen LogP contribution in [0.3, 0.4) is 0 Å². The molecule has 1 atom stereocenters. The standard InChI is InChI=1S/C19H27F3N4O2.HI/c1-4-28-17(27)16-7-5-15(6-8-16)13-24-18(23-3)26-11-9-25(10-12-26)14(2)19(20,21)22;/h5-8,14H,4,9-13H2,1-3H3,(H,23,24);1H. The highest BCUT2D eigenvalue weighted by Gasteiger charge is 2.41. The first-order valence-corrected chi connectivity index (χ1v) is 9.28. The van der Waals surface area contributed by atoms with Crippen LogP contribution in [0.5, 0.6) is 0 Å². The summed E-state index contributed by atoms with van der Waals surface area (Å²) in [5.74, 6) is 0.289. The number of halogens is 4. The second-order valence-electron chi connectivity index (χ2n) is 6.56. The highest BCUT2D eigenvalue weighted by atomic mass is 127. The molecule has 0 radical (unpaired) electrons. The van der Waals surface area contributed by atoms with Gasteiger partial charge in [-0.15, -0.1) is 24.0 Å². The predicted octanol–water partition coefficient (Wildman–Crippen LogP) is 3.13. The van der Waals surface area contributed by atoms with E-state index in [0.29, 0.717) is 50.9 Å². The van der Waals surface area contributed by atoms with E-state index in [2.05, 4.69) is 10.3 Å². The number of alkyl halides is 3. The molecule has 0 aromatic heterocycles. The summed E-state index contributed by atoms with van der Waals surface area (Å²) in [5.41, 5.74) is 1.45. The highest BCUT2D eigenvalue weighted by Crippen LogP contribution is 2.25. The predicted molar refractivity (Wildman–Crippen MR) is 117 cm³/mol. The molecule has 0 aliphatic carbocycles. The number of carbonyl (C=O) groups excluding carboxylic acids is 1. The van der Waals surface area contributed by atoms with Gasteiger partial charge in [-0.3, -0.25) is 9.89 Å². The van der Waals surface area contributed by atoms with Crippen molar-refractivity contribution in [2.24, 2.45) is 4.99 Å². The molecule has 1 N–H and O–H groups in total. The van der Waals surface area contributed by atoms with Crippen LogP contribution in [0.15, 0.2) is 29.3 Å². The molecule has 1 saturated heterocycles. The van der Waals surface area contributed by atoms with Gasteiger partial charge in [0.15, 0.2) is 5.96 Å². The minimum Gasteiger partial charge on any atom is -0.462 e. The quantitative estimate of drug-likeness (QED) is 0.276. The lowest BCUT2D eigenvalue weighted by molar-refractivity contribution is -0.181. The molecule has 1 unspecified atom stereocenters. The van der Waals surface area contributed by atoms with Crippen molar-refractivity contribution in [3.05, 3.63) is 35.4 Å². The Hall–Kier alpha value is -1.56. The van der Waals surface area contributed by atoms with Crippen LogP contribution < -0.4 is 5.32 Å². The number of hydrogen-bond donors (Lipinski definition) is 1. The number of ether oxygens (including phenoxy) is 1. The number of guanidine groups is 1. The van der Waals surface area contributed by atoms with Crippen LogP contribution in [-0.2, 0) is 11.3 Å². The molecule has 1 heterocycles. The number of rotatable bonds is 5. The van der Waals surface area contributed by atoms with Crippen LogP contribution in [0.4, 0.5) is 13.2 Å². The molecule has 2 rings (SSSR count). The van der Waals surface area contributed by atoms with Crippen molar-refractivity contribution in [3.63, 3.8) is 0 Å². The van der Waals surface area contributed by atoms with Gasteiger partial charge in [0.2, 0.25) is 0 Å². The van der Waals surface area contributed by atoms with E-state index < -0.39 is 12.2 Å². The molecule has 10 heteroatoms. The fraction of sp³-hybridized carbons (Fsp3) is 0.579. The van der Waals surface area contributed by atoms with Crippen molar-refractivity contribution in [1.82, 2.24) is 15.1 Å². The maximum Gasteiger partial charge on any atom is 0.403 e. The van der Waals surface area contributed by atoms with Crippen molar-refractivity contribution < 1.29 is 22.7 Å². The summed E-state index contributed by atoms with van der Waals surface area (Å²) >= 11 is 0. The second-order valence-corrected chi connectivity index (χ2v) is 6.56. The van der Waals surface area contributed by atoms with E-state index in [4.69, 9.17) is 4.74 Å². The molecule has 1 aliphatic heterocycles. The molecular weight excluding hydrogens is 500 g/mol. The molecular formula is C19H28F3IN4O2. The number of esters is 1. The fourth-order valence-corrected chi connectivity index (χ4v) is 3.01. The molecule has 0 bridgehead atoms. The largest absolute Gasteiger partial charge is 0.462 e. The SMILES string of the molecule is CCOC(=O)c1ccc(CNC(=NC)N2CCN(C(C)C(F)(F)F)CC2)cc1.I. The van der Waals surface area contributed by atoms with Gasteiger partial charge in [0, 0.05) is 39.8 Å².